The van der Waals surface area contributed by atoms with Crippen LogP contribution in [0, 0.1) is 13.8 Å². The maximum atomic E-state index is 13.1. The second kappa shape index (κ2) is 9.22. The van der Waals surface area contributed by atoms with Crippen molar-refractivity contribution in [1.29, 1.82) is 0 Å². The van der Waals surface area contributed by atoms with Crippen LogP contribution in [0.25, 0.3) is 5.76 Å². The number of amides is 1. The van der Waals surface area contributed by atoms with E-state index in [1.54, 1.807) is 37.4 Å². The van der Waals surface area contributed by atoms with Crippen LogP contribution in [-0.4, -0.2) is 56.2 Å². The first-order chi connectivity index (χ1) is 14.8. The molecule has 1 fully saturated rings. The smallest absolute Gasteiger partial charge is 0.295 e. The van der Waals surface area contributed by atoms with E-state index < -0.39 is 17.7 Å². The first-order valence-corrected chi connectivity index (χ1v) is 9.90. The zero-order valence-corrected chi connectivity index (χ0v) is 18.4. The Balaban J connectivity index is 2.27. The fourth-order valence-corrected chi connectivity index (χ4v) is 4.00. The molecule has 0 aromatic heterocycles. The number of aliphatic hydroxyl groups excluding tert-OH is 1. The van der Waals surface area contributed by atoms with Crippen LogP contribution in [0.5, 0.6) is 11.5 Å². The summed E-state index contributed by atoms with van der Waals surface area (Å²) in [5, 5.41) is 11.3. The maximum Gasteiger partial charge on any atom is 0.295 e. The van der Waals surface area contributed by atoms with Gasteiger partial charge in [-0.15, -0.1) is 0 Å². The van der Waals surface area contributed by atoms with Gasteiger partial charge in [0.2, 0.25) is 0 Å². The van der Waals surface area contributed by atoms with Crippen molar-refractivity contribution >= 4 is 17.4 Å². The highest BCUT2D eigenvalue weighted by molar-refractivity contribution is 6.46. The fourth-order valence-electron chi connectivity index (χ4n) is 4.00. The van der Waals surface area contributed by atoms with Gasteiger partial charge in [0.05, 0.1) is 38.0 Å². The Bertz CT molecular complexity index is 1040. The molecular formula is C24H27NO6. The van der Waals surface area contributed by atoms with Gasteiger partial charge in [-0.05, 0) is 48.7 Å². The molecular weight excluding hydrogens is 398 g/mol. The van der Waals surface area contributed by atoms with Gasteiger partial charge in [0.15, 0.2) is 0 Å². The number of ether oxygens (including phenoxy) is 3. The van der Waals surface area contributed by atoms with Gasteiger partial charge in [-0.1, -0.05) is 18.2 Å². The third kappa shape index (κ3) is 4.14. The Morgan fingerprint density at radius 3 is 2.45 bits per heavy atom. The molecule has 0 bridgehead atoms. The lowest BCUT2D eigenvalue weighted by Crippen LogP contribution is -2.32. The third-order valence-corrected chi connectivity index (χ3v) is 5.36. The Morgan fingerprint density at radius 2 is 1.81 bits per heavy atom. The van der Waals surface area contributed by atoms with Crippen LogP contribution in [0.2, 0.25) is 0 Å². The zero-order valence-electron chi connectivity index (χ0n) is 18.4. The molecule has 0 aliphatic carbocycles. The number of carbonyl (C=O) groups is 2. The number of hydrogen-bond donors (Lipinski definition) is 1. The number of aliphatic hydroxyl groups is 1. The van der Waals surface area contributed by atoms with Crippen LogP contribution >= 0.6 is 0 Å². The van der Waals surface area contributed by atoms with Crippen molar-refractivity contribution in [2.75, 3.05) is 34.5 Å². The number of benzene rings is 2. The molecule has 164 valence electrons. The lowest BCUT2D eigenvalue weighted by atomic mass is 9.93. The summed E-state index contributed by atoms with van der Waals surface area (Å²) in [7, 11) is 4.57. The summed E-state index contributed by atoms with van der Waals surface area (Å²) in [4.78, 5) is 27.4. The molecule has 7 nitrogen and oxygen atoms in total. The first kappa shape index (κ1) is 22.4. The molecule has 2 aromatic rings. The number of methoxy groups -OCH3 is 3. The van der Waals surface area contributed by atoms with Crippen LogP contribution < -0.4 is 9.47 Å². The van der Waals surface area contributed by atoms with Crippen LogP contribution in [0.1, 0.15) is 28.3 Å². The van der Waals surface area contributed by atoms with Gasteiger partial charge in [0.25, 0.3) is 11.7 Å². The largest absolute Gasteiger partial charge is 0.507 e. The van der Waals surface area contributed by atoms with Gasteiger partial charge in [0.1, 0.15) is 17.3 Å². The number of rotatable bonds is 7. The molecule has 1 amide bonds. The second-order valence-electron chi connectivity index (χ2n) is 7.42. The summed E-state index contributed by atoms with van der Waals surface area (Å²) >= 11 is 0. The molecule has 2 aromatic carbocycles. The Kier molecular flexibility index (Phi) is 6.65. The van der Waals surface area contributed by atoms with Crippen molar-refractivity contribution in [3.63, 3.8) is 0 Å². The van der Waals surface area contributed by atoms with Gasteiger partial charge in [-0.2, -0.15) is 0 Å². The number of ketones is 1. The van der Waals surface area contributed by atoms with Crippen molar-refractivity contribution in [3.05, 3.63) is 64.2 Å². The monoisotopic (exact) mass is 425 g/mol. The number of hydrogen-bond acceptors (Lipinski definition) is 6. The van der Waals surface area contributed by atoms with E-state index in [9.17, 15) is 14.7 Å². The van der Waals surface area contributed by atoms with E-state index in [-0.39, 0.29) is 24.5 Å². The highest BCUT2D eigenvalue weighted by Crippen LogP contribution is 2.42. The summed E-state index contributed by atoms with van der Waals surface area (Å²) in [5.41, 5.74) is 2.75. The number of nitrogens with zero attached hydrogens (tertiary/aromatic N) is 1. The SMILES string of the molecule is COCCN1C(=O)C(=O)/C(=C(/O)c2cc(C)cc(C)c2OC)C1c1cccc(OC)c1. The van der Waals surface area contributed by atoms with Gasteiger partial charge < -0.3 is 24.2 Å². The predicted molar refractivity (Wildman–Crippen MR) is 116 cm³/mol. The minimum atomic E-state index is -0.782. The maximum absolute atomic E-state index is 13.1. The molecule has 1 heterocycles. The quantitative estimate of drug-likeness (QED) is 0.416. The summed E-state index contributed by atoms with van der Waals surface area (Å²) in [6.45, 7) is 4.20. The topological polar surface area (TPSA) is 85.3 Å². The second-order valence-corrected chi connectivity index (χ2v) is 7.42. The Hall–Kier alpha value is -3.32. The van der Waals surface area contributed by atoms with Crippen LogP contribution in [-0.2, 0) is 14.3 Å². The Labute approximate surface area is 181 Å². The lowest BCUT2D eigenvalue weighted by Gasteiger charge is -2.25. The molecule has 1 aliphatic heterocycles. The van der Waals surface area contributed by atoms with E-state index in [1.807, 2.05) is 19.9 Å². The number of likely N-dealkylation sites (tertiary alicyclic amines) is 1. The van der Waals surface area contributed by atoms with Crippen LogP contribution in [0.15, 0.2) is 42.0 Å². The summed E-state index contributed by atoms with van der Waals surface area (Å²) in [6.07, 6.45) is 0. The Morgan fingerprint density at radius 1 is 1.06 bits per heavy atom. The van der Waals surface area contributed by atoms with E-state index in [0.29, 0.717) is 22.6 Å². The van der Waals surface area contributed by atoms with E-state index in [0.717, 1.165) is 11.1 Å². The van der Waals surface area contributed by atoms with Gasteiger partial charge in [-0.25, -0.2) is 0 Å². The molecule has 1 atom stereocenters. The minimum Gasteiger partial charge on any atom is -0.507 e. The molecule has 1 saturated heterocycles. The third-order valence-electron chi connectivity index (χ3n) is 5.36. The van der Waals surface area contributed by atoms with E-state index >= 15 is 0 Å². The molecule has 31 heavy (non-hydrogen) atoms. The van der Waals surface area contributed by atoms with Crippen LogP contribution in [0.3, 0.4) is 0 Å². The predicted octanol–water partition coefficient (Wildman–Crippen LogP) is 3.39. The number of aryl methyl sites for hydroxylation is 2. The normalized spacial score (nSPS) is 17.8. The summed E-state index contributed by atoms with van der Waals surface area (Å²) in [5.74, 6) is -0.665. The molecule has 0 spiro atoms. The number of carbonyl (C=O) groups excluding carboxylic acids is 2. The standard InChI is InChI=1S/C24H27NO6/c1-14-11-15(2)23(31-5)18(12-14)21(26)19-20(16-7-6-8-17(13-16)30-4)25(9-10-29-3)24(28)22(19)27/h6-8,11-13,20,26H,9-10H2,1-5H3/b21-19+. The summed E-state index contributed by atoms with van der Waals surface area (Å²) < 4.78 is 16.0. The van der Waals surface area contributed by atoms with Crippen molar-refractivity contribution in [3.8, 4) is 11.5 Å². The van der Waals surface area contributed by atoms with E-state index in [1.165, 1.54) is 19.1 Å². The highest BCUT2D eigenvalue weighted by Gasteiger charge is 2.46. The average Bonchev–Trinajstić information content (AvgIpc) is 3.01. The highest BCUT2D eigenvalue weighted by atomic mass is 16.5. The molecule has 1 unspecified atom stereocenters. The van der Waals surface area contributed by atoms with Gasteiger partial charge in [0, 0.05) is 13.7 Å². The molecule has 1 N–H and O–H groups in total. The molecule has 7 heteroatoms. The van der Waals surface area contributed by atoms with Crippen molar-refractivity contribution < 1.29 is 28.9 Å². The minimum absolute atomic E-state index is 0.0117. The molecule has 1 aliphatic rings. The average molecular weight is 425 g/mol. The van der Waals surface area contributed by atoms with E-state index in [4.69, 9.17) is 14.2 Å². The van der Waals surface area contributed by atoms with Crippen molar-refractivity contribution in [2.24, 2.45) is 0 Å². The first-order valence-electron chi connectivity index (χ1n) is 9.90. The molecule has 0 saturated carbocycles. The van der Waals surface area contributed by atoms with Gasteiger partial charge in [-0.3, -0.25) is 9.59 Å². The number of Topliss-reactive ketones (excluding diaryl/α,β-unsaturated/α-hetero) is 1. The lowest BCUT2D eigenvalue weighted by molar-refractivity contribution is -0.140. The zero-order chi connectivity index (χ0) is 22.7. The van der Waals surface area contributed by atoms with E-state index in [2.05, 4.69) is 0 Å². The van der Waals surface area contributed by atoms with Gasteiger partial charge >= 0.3 is 0 Å². The van der Waals surface area contributed by atoms with Crippen LogP contribution in [0.4, 0.5) is 0 Å². The fraction of sp³-hybridized carbons (Fsp3) is 0.333. The van der Waals surface area contributed by atoms with Crippen molar-refractivity contribution in [2.45, 2.75) is 19.9 Å². The van der Waals surface area contributed by atoms with Crippen molar-refractivity contribution in [1.82, 2.24) is 4.90 Å². The summed E-state index contributed by atoms with van der Waals surface area (Å²) in [6, 6.07) is 9.99. The molecule has 0 radical (unpaired) electrons. The molecule has 3 rings (SSSR count).